The molecule has 0 spiro atoms. The summed E-state index contributed by atoms with van der Waals surface area (Å²) in [6.45, 7) is 4.23. The highest BCUT2D eigenvalue weighted by molar-refractivity contribution is 5.69. The summed E-state index contributed by atoms with van der Waals surface area (Å²) >= 11 is 0. The van der Waals surface area contributed by atoms with Gasteiger partial charge < -0.3 is 9.47 Å². The van der Waals surface area contributed by atoms with Gasteiger partial charge in [0.15, 0.2) is 0 Å². The number of benzene rings is 1. The number of hydrogen-bond acceptors (Lipinski definition) is 4. The van der Waals surface area contributed by atoms with Gasteiger partial charge in [-0.2, -0.15) is 0 Å². The Hall–Kier alpha value is -2.17. The minimum Gasteiger partial charge on any atom is -0.421 e. The molecule has 0 atom stereocenters. The SMILES string of the molecule is CC/C(=C\c1ccccc1F)C(OC(C)=O)OC(C)=O. The van der Waals surface area contributed by atoms with Crippen molar-refractivity contribution in [3.8, 4) is 0 Å². The molecular formula is C15H17FO4. The van der Waals surface area contributed by atoms with Crippen LogP contribution < -0.4 is 0 Å². The summed E-state index contributed by atoms with van der Waals surface area (Å²) in [6.07, 6.45) is 0.834. The largest absolute Gasteiger partial charge is 0.421 e. The van der Waals surface area contributed by atoms with Crippen molar-refractivity contribution in [2.45, 2.75) is 33.5 Å². The standard InChI is InChI=1S/C15H17FO4/c1-4-12(9-13-7-5-6-8-14(13)16)15(19-10(2)17)20-11(3)18/h5-9,15H,4H2,1-3H3/b12-9+. The lowest BCUT2D eigenvalue weighted by atomic mass is 10.1. The lowest BCUT2D eigenvalue weighted by Crippen LogP contribution is -2.24. The highest BCUT2D eigenvalue weighted by Gasteiger charge is 2.19. The zero-order valence-electron chi connectivity index (χ0n) is 11.7. The van der Waals surface area contributed by atoms with Crippen LogP contribution >= 0.6 is 0 Å². The molecule has 0 heterocycles. The van der Waals surface area contributed by atoms with E-state index in [2.05, 4.69) is 0 Å². The molecular weight excluding hydrogens is 263 g/mol. The van der Waals surface area contributed by atoms with Crippen LogP contribution in [0, 0.1) is 5.82 Å². The highest BCUT2D eigenvalue weighted by atomic mass is 19.1. The normalized spacial score (nSPS) is 11.3. The van der Waals surface area contributed by atoms with Gasteiger partial charge in [0.1, 0.15) is 5.82 Å². The van der Waals surface area contributed by atoms with Crippen molar-refractivity contribution in [1.82, 2.24) is 0 Å². The van der Waals surface area contributed by atoms with Crippen LogP contribution in [0.4, 0.5) is 4.39 Å². The molecule has 1 aromatic carbocycles. The molecule has 0 aliphatic heterocycles. The van der Waals surface area contributed by atoms with Gasteiger partial charge in [-0.1, -0.05) is 25.1 Å². The van der Waals surface area contributed by atoms with Crippen molar-refractivity contribution in [1.29, 1.82) is 0 Å². The summed E-state index contributed by atoms with van der Waals surface area (Å²) in [5, 5.41) is 0. The van der Waals surface area contributed by atoms with Gasteiger partial charge in [0.2, 0.25) is 0 Å². The summed E-state index contributed by atoms with van der Waals surface area (Å²) in [4.78, 5) is 22.1. The molecule has 0 radical (unpaired) electrons. The van der Waals surface area contributed by atoms with Crippen LogP contribution in [0.15, 0.2) is 29.8 Å². The number of rotatable bonds is 5. The smallest absolute Gasteiger partial charge is 0.305 e. The summed E-state index contributed by atoms with van der Waals surface area (Å²) in [5.74, 6) is -1.56. The molecule has 0 bridgehead atoms. The van der Waals surface area contributed by atoms with Crippen molar-refractivity contribution < 1.29 is 23.5 Å². The van der Waals surface area contributed by atoms with E-state index in [1.54, 1.807) is 25.1 Å². The third-order valence-corrected chi connectivity index (χ3v) is 2.50. The maximum absolute atomic E-state index is 13.6. The van der Waals surface area contributed by atoms with Gasteiger partial charge in [-0.25, -0.2) is 4.39 Å². The Balaban J connectivity index is 3.08. The van der Waals surface area contributed by atoms with E-state index in [9.17, 15) is 14.0 Å². The van der Waals surface area contributed by atoms with Gasteiger partial charge in [-0.3, -0.25) is 9.59 Å². The van der Waals surface area contributed by atoms with Crippen molar-refractivity contribution in [2.75, 3.05) is 0 Å². The lowest BCUT2D eigenvalue weighted by molar-refractivity contribution is -0.178. The Morgan fingerprint density at radius 2 is 1.75 bits per heavy atom. The average molecular weight is 280 g/mol. The molecule has 5 heteroatoms. The third kappa shape index (κ3) is 4.84. The fraction of sp³-hybridized carbons (Fsp3) is 0.333. The molecule has 0 aromatic heterocycles. The zero-order chi connectivity index (χ0) is 15.1. The molecule has 0 N–H and O–H groups in total. The number of hydrogen-bond donors (Lipinski definition) is 0. The van der Waals surface area contributed by atoms with E-state index in [0.717, 1.165) is 0 Å². The Labute approximate surface area is 117 Å². The first kappa shape index (κ1) is 15.9. The molecule has 0 saturated carbocycles. The topological polar surface area (TPSA) is 52.6 Å². The van der Waals surface area contributed by atoms with Gasteiger partial charge in [0.25, 0.3) is 6.29 Å². The van der Waals surface area contributed by atoms with E-state index in [4.69, 9.17) is 9.47 Å². The Morgan fingerprint density at radius 3 is 2.20 bits per heavy atom. The zero-order valence-corrected chi connectivity index (χ0v) is 11.7. The first-order valence-corrected chi connectivity index (χ1v) is 6.23. The summed E-state index contributed by atoms with van der Waals surface area (Å²) in [5.41, 5.74) is 0.842. The lowest BCUT2D eigenvalue weighted by Gasteiger charge is -2.19. The molecule has 108 valence electrons. The summed E-state index contributed by atoms with van der Waals surface area (Å²) in [7, 11) is 0. The minimum atomic E-state index is -1.13. The van der Waals surface area contributed by atoms with E-state index < -0.39 is 24.0 Å². The first-order chi connectivity index (χ1) is 9.43. The number of carbonyl (C=O) groups excluding carboxylic acids is 2. The summed E-state index contributed by atoms with van der Waals surface area (Å²) < 4.78 is 23.5. The van der Waals surface area contributed by atoms with Crippen LogP contribution in [0.2, 0.25) is 0 Å². The predicted octanol–water partition coefficient (Wildman–Crippen LogP) is 3.07. The molecule has 0 amide bonds. The Kier molecular flexibility index (Phi) is 5.90. The quantitative estimate of drug-likeness (QED) is 0.614. The molecule has 0 aliphatic rings. The van der Waals surface area contributed by atoms with E-state index in [1.807, 2.05) is 0 Å². The molecule has 0 saturated heterocycles. The van der Waals surface area contributed by atoms with Gasteiger partial charge in [0.05, 0.1) is 0 Å². The van der Waals surface area contributed by atoms with E-state index in [1.165, 1.54) is 26.0 Å². The first-order valence-electron chi connectivity index (χ1n) is 6.23. The van der Waals surface area contributed by atoms with E-state index in [-0.39, 0.29) is 0 Å². The number of carbonyl (C=O) groups is 2. The predicted molar refractivity (Wildman–Crippen MR) is 72.0 cm³/mol. The van der Waals surface area contributed by atoms with Gasteiger partial charge in [0, 0.05) is 25.0 Å². The highest BCUT2D eigenvalue weighted by Crippen LogP contribution is 2.19. The average Bonchev–Trinajstić information content (AvgIpc) is 2.36. The monoisotopic (exact) mass is 280 g/mol. The number of ether oxygens (including phenoxy) is 2. The third-order valence-electron chi connectivity index (χ3n) is 2.50. The van der Waals surface area contributed by atoms with Gasteiger partial charge >= 0.3 is 11.9 Å². The van der Waals surface area contributed by atoms with Crippen LogP contribution in [0.25, 0.3) is 6.08 Å². The van der Waals surface area contributed by atoms with Gasteiger partial charge in [-0.15, -0.1) is 0 Å². The van der Waals surface area contributed by atoms with Crippen molar-refractivity contribution in [3.63, 3.8) is 0 Å². The molecule has 0 unspecified atom stereocenters. The van der Waals surface area contributed by atoms with E-state index >= 15 is 0 Å². The fourth-order valence-electron chi connectivity index (χ4n) is 1.61. The maximum atomic E-state index is 13.6. The molecule has 1 rings (SSSR count). The van der Waals surface area contributed by atoms with Crippen LogP contribution in [0.3, 0.4) is 0 Å². The second-order valence-electron chi connectivity index (χ2n) is 4.15. The second-order valence-corrected chi connectivity index (χ2v) is 4.15. The van der Waals surface area contributed by atoms with Crippen LogP contribution in [-0.2, 0) is 19.1 Å². The molecule has 0 fully saturated rings. The van der Waals surface area contributed by atoms with Crippen LogP contribution in [0.1, 0.15) is 32.8 Å². The maximum Gasteiger partial charge on any atom is 0.305 e. The number of halogens is 1. The summed E-state index contributed by atoms with van der Waals surface area (Å²) in [6, 6.07) is 6.18. The minimum absolute atomic E-state index is 0.341. The van der Waals surface area contributed by atoms with Crippen molar-refractivity contribution >= 4 is 18.0 Å². The van der Waals surface area contributed by atoms with Crippen molar-refractivity contribution in [2.24, 2.45) is 0 Å². The second kappa shape index (κ2) is 7.43. The van der Waals surface area contributed by atoms with E-state index in [0.29, 0.717) is 17.6 Å². The van der Waals surface area contributed by atoms with Crippen LogP contribution in [0.5, 0.6) is 0 Å². The Morgan fingerprint density at radius 1 is 1.20 bits per heavy atom. The number of esters is 2. The Bertz CT molecular complexity index is 506. The molecule has 20 heavy (non-hydrogen) atoms. The molecule has 1 aromatic rings. The van der Waals surface area contributed by atoms with Gasteiger partial charge in [-0.05, 0) is 18.6 Å². The van der Waals surface area contributed by atoms with Crippen molar-refractivity contribution in [3.05, 3.63) is 41.2 Å². The molecule has 0 aliphatic carbocycles. The molecule has 4 nitrogen and oxygen atoms in total. The fourth-order valence-corrected chi connectivity index (χ4v) is 1.61. The van der Waals surface area contributed by atoms with Crippen LogP contribution in [-0.4, -0.2) is 18.2 Å².